The van der Waals surface area contributed by atoms with Crippen LogP contribution in [-0.4, -0.2) is 56.3 Å². The third-order valence-electron chi connectivity index (χ3n) is 6.84. The van der Waals surface area contributed by atoms with Crippen LogP contribution in [0.1, 0.15) is 48.2 Å². The van der Waals surface area contributed by atoms with Gasteiger partial charge in [0.1, 0.15) is 5.82 Å². The number of benzene rings is 1. The molecule has 2 heterocycles. The summed E-state index contributed by atoms with van der Waals surface area (Å²) in [5.74, 6) is -1.43. The zero-order chi connectivity index (χ0) is 23.0. The maximum atomic E-state index is 14.3. The number of amides is 2. The molecule has 9 heteroatoms. The summed E-state index contributed by atoms with van der Waals surface area (Å²) >= 11 is 5.87. The molecule has 4 rings (SSSR count). The highest BCUT2D eigenvalue weighted by molar-refractivity contribution is 6.30. The van der Waals surface area contributed by atoms with E-state index in [1.54, 1.807) is 28.8 Å². The van der Waals surface area contributed by atoms with Crippen molar-refractivity contribution < 1.29 is 19.1 Å². The van der Waals surface area contributed by atoms with Crippen LogP contribution in [0.15, 0.2) is 18.2 Å². The van der Waals surface area contributed by atoms with Gasteiger partial charge in [-0.25, -0.2) is 9.18 Å². The molecule has 0 bridgehead atoms. The van der Waals surface area contributed by atoms with Crippen LogP contribution in [0.2, 0.25) is 5.02 Å². The molecule has 1 aliphatic heterocycles. The quantitative estimate of drug-likeness (QED) is 0.742. The number of hydrogen-bond donors (Lipinski definition) is 1. The number of urea groups is 1. The average molecular weight is 463 g/mol. The Morgan fingerprint density at radius 1 is 1.28 bits per heavy atom. The van der Waals surface area contributed by atoms with Crippen molar-refractivity contribution in [2.24, 2.45) is 5.92 Å². The van der Waals surface area contributed by atoms with Gasteiger partial charge < -0.3 is 14.9 Å². The largest absolute Gasteiger partial charge is 0.481 e. The van der Waals surface area contributed by atoms with Crippen LogP contribution in [0.25, 0.3) is 0 Å². The Morgan fingerprint density at radius 3 is 2.66 bits per heavy atom. The summed E-state index contributed by atoms with van der Waals surface area (Å²) in [6, 6.07) is 4.61. The predicted octanol–water partition coefficient (Wildman–Crippen LogP) is 4.09. The lowest BCUT2D eigenvalue weighted by Crippen LogP contribution is -2.49. The van der Waals surface area contributed by atoms with E-state index >= 15 is 0 Å². The highest BCUT2D eigenvalue weighted by Crippen LogP contribution is 2.29. The van der Waals surface area contributed by atoms with Gasteiger partial charge in [0.25, 0.3) is 0 Å². The summed E-state index contributed by atoms with van der Waals surface area (Å²) in [7, 11) is 1.80. The number of halogens is 2. The van der Waals surface area contributed by atoms with Gasteiger partial charge in [0.2, 0.25) is 0 Å². The van der Waals surface area contributed by atoms with Gasteiger partial charge in [0.05, 0.1) is 30.4 Å². The van der Waals surface area contributed by atoms with E-state index in [2.05, 4.69) is 5.10 Å². The number of aliphatic carboxylic acids is 1. The van der Waals surface area contributed by atoms with Crippen molar-refractivity contribution in [3.8, 4) is 0 Å². The Kier molecular flexibility index (Phi) is 6.42. The molecule has 0 spiro atoms. The Balaban J connectivity index is 1.47. The van der Waals surface area contributed by atoms with Crippen molar-refractivity contribution in [2.75, 3.05) is 13.6 Å². The van der Waals surface area contributed by atoms with E-state index in [0.717, 1.165) is 17.0 Å². The summed E-state index contributed by atoms with van der Waals surface area (Å²) in [6.45, 7) is 3.23. The maximum Gasteiger partial charge on any atom is 0.320 e. The number of carboxylic acid groups (broad SMARTS) is 1. The van der Waals surface area contributed by atoms with Gasteiger partial charge in [0, 0.05) is 30.2 Å². The molecule has 1 aromatic carbocycles. The minimum atomic E-state index is -0.748. The van der Waals surface area contributed by atoms with Crippen molar-refractivity contribution in [2.45, 2.75) is 58.2 Å². The minimum absolute atomic E-state index is 0.0503. The molecule has 1 N–H and O–H groups in total. The number of aryl methyl sites for hydroxylation is 1. The molecule has 172 valence electrons. The van der Waals surface area contributed by atoms with Crippen molar-refractivity contribution >= 4 is 23.6 Å². The first-order chi connectivity index (χ1) is 15.2. The molecule has 2 amide bonds. The zero-order valence-corrected chi connectivity index (χ0v) is 19.1. The molecule has 1 saturated carbocycles. The van der Waals surface area contributed by atoms with Crippen LogP contribution in [0.5, 0.6) is 0 Å². The zero-order valence-electron chi connectivity index (χ0n) is 18.4. The van der Waals surface area contributed by atoms with E-state index in [4.69, 9.17) is 11.6 Å². The first kappa shape index (κ1) is 22.6. The molecule has 2 aromatic rings. The SMILES string of the molecule is Cc1nn(Cc2ccc(Cl)cc2F)c2c1CCN(C(=O)N(C)[C@H]1CC[C@@H](C(=O)O)CC1)C2. The molecule has 0 radical (unpaired) electrons. The van der Waals surface area contributed by atoms with Crippen LogP contribution in [0.3, 0.4) is 0 Å². The lowest BCUT2D eigenvalue weighted by molar-refractivity contribution is -0.143. The third kappa shape index (κ3) is 4.46. The summed E-state index contributed by atoms with van der Waals surface area (Å²) in [6.07, 6.45) is 3.30. The summed E-state index contributed by atoms with van der Waals surface area (Å²) in [4.78, 5) is 28.0. The number of carbonyl (C=O) groups excluding carboxylic acids is 1. The molecule has 0 atom stereocenters. The van der Waals surface area contributed by atoms with Gasteiger partial charge in [0.15, 0.2) is 0 Å². The molecular formula is C23H28ClFN4O3. The monoisotopic (exact) mass is 462 g/mol. The Morgan fingerprint density at radius 2 is 2.00 bits per heavy atom. The number of nitrogens with zero attached hydrogens (tertiary/aromatic N) is 4. The van der Waals surface area contributed by atoms with Gasteiger partial charge >= 0.3 is 12.0 Å². The third-order valence-corrected chi connectivity index (χ3v) is 7.08. The van der Waals surface area contributed by atoms with Crippen molar-refractivity contribution in [3.05, 3.63) is 51.6 Å². The van der Waals surface area contributed by atoms with Crippen molar-refractivity contribution in [3.63, 3.8) is 0 Å². The van der Waals surface area contributed by atoms with E-state index < -0.39 is 5.97 Å². The average Bonchev–Trinajstić information content (AvgIpc) is 3.09. The molecule has 1 fully saturated rings. The first-order valence-electron chi connectivity index (χ1n) is 11.0. The summed E-state index contributed by atoms with van der Waals surface area (Å²) in [5.41, 5.74) is 3.45. The van der Waals surface area contributed by atoms with E-state index in [1.165, 1.54) is 6.07 Å². The topological polar surface area (TPSA) is 78.7 Å². The molecule has 32 heavy (non-hydrogen) atoms. The minimum Gasteiger partial charge on any atom is -0.481 e. The number of rotatable bonds is 4. The van der Waals surface area contributed by atoms with Crippen LogP contribution < -0.4 is 0 Å². The fraction of sp³-hybridized carbons (Fsp3) is 0.522. The molecule has 7 nitrogen and oxygen atoms in total. The number of carboxylic acids is 1. The lowest BCUT2D eigenvalue weighted by atomic mass is 9.85. The van der Waals surface area contributed by atoms with Crippen LogP contribution >= 0.6 is 11.6 Å². The second-order valence-corrected chi connectivity index (χ2v) is 9.25. The van der Waals surface area contributed by atoms with Gasteiger partial charge in [-0.2, -0.15) is 5.10 Å². The Hall–Kier alpha value is -2.61. The first-order valence-corrected chi connectivity index (χ1v) is 11.4. The van der Waals surface area contributed by atoms with Crippen LogP contribution in [-0.2, 0) is 24.3 Å². The van der Waals surface area contributed by atoms with Crippen molar-refractivity contribution in [1.29, 1.82) is 0 Å². The number of carbonyl (C=O) groups is 2. The fourth-order valence-corrected chi connectivity index (χ4v) is 5.03. The number of aromatic nitrogens is 2. The van der Waals surface area contributed by atoms with Crippen LogP contribution in [0.4, 0.5) is 9.18 Å². The molecule has 1 aliphatic carbocycles. The lowest BCUT2D eigenvalue weighted by Gasteiger charge is -2.38. The molecule has 0 unspecified atom stereocenters. The standard InChI is InChI=1S/C23H28ClFN4O3/c1-14-19-9-10-28(23(32)27(2)18-7-4-15(5-8-18)22(30)31)13-21(19)29(26-14)12-16-3-6-17(24)11-20(16)25/h3,6,11,15,18H,4-5,7-10,12-13H2,1-2H3,(H,30,31)/t15-,18+. The predicted molar refractivity (Wildman–Crippen MR) is 118 cm³/mol. The molecule has 1 aromatic heterocycles. The number of hydrogen-bond acceptors (Lipinski definition) is 3. The molecule has 0 saturated heterocycles. The van der Waals surface area contributed by atoms with Gasteiger partial charge in [-0.15, -0.1) is 0 Å². The van der Waals surface area contributed by atoms with E-state index in [-0.39, 0.29) is 30.4 Å². The molecular weight excluding hydrogens is 435 g/mol. The number of fused-ring (bicyclic) bond motifs is 1. The van der Waals surface area contributed by atoms with E-state index in [1.807, 2.05) is 11.8 Å². The maximum absolute atomic E-state index is 14.3. The summed E-state index contributed by atoms with van der Waals surface area (Å²) < 4.78 is 16.1. The second kappa shape index (κ2) is 9.10. The second-order valence-electron chi connectivity index (χ2n) is 8.81. The van der Waals surface area contributed by atoms with E-state index in [9.17, 15) is 19.1 Å². The van der Waals surface area contributed by atoms with Crippen molar-refractivity contribution in [1.82, 2.24) is 19.6 Å². The highest BCUT2D eigenvalue weighted by atomic mass is 35.5. The van der Waals surface area contributed by atoms with E-state index in [0.29, 0.717) is 55.8 Å². The molecule has 2 aliphatic rings. The van der Waals surface area contributed by atoms with Crippen LogP contribution in [0, 0.1) is 18.7 Å². The smallest absolute Gasteiger partial charge is 0.320 e. The highest BCUT2D eigenvalue weighted by Gasteiger charge is 2.33. The Labute approximate surface area is 191 Å². The fourth-order valence-electron chi connectivity index (χ4n) is 4.87. The Bertz CT molecular complexity index is 1030. The van der Waals surface area contributed by atoms with Gasteiger partial charge in [-0.1, -0.05) is 17.7 Å². The summed E-state index contributed by atoms with van der Waals surface area (Å²) in [5, 5.41) is 14.2. The van der Waals surface area contributed by atoms with Gasteiger partial charge in [-0.05, 0) is 56.7 Å². The van der Waals surface area contributed by atoms with Gasteiger partial charge in [-0.3, -0.25) is 9.48 Å². The normalized spacial score (nSPS) is 20.7.